The van der Waals surface area contributed by atoms with Crippen LogP contribution in [0.5, 0.6) is 0 Å². The lowest BCUT2D eigenvalue weighted by molar-refractivity contribution is 1.14. The average Bonchev–Trinajstić information content (AvgIpc) is 2.85. The highest BCUT2D eigenvalue weighted by molar-refractivity contribution is 14.1. The number of anilines is 2. The predicted octanol–water partition coefficient (Wildman–Crippen LogP) is 3.00. The van der Waals surface area contributed by atoms with Crippen molar-refractivity contribution in [2.24, 2.45) is 0 Å². The quantitative estimate of drug-likeness (QED) is 0.501. The molecule has 0 radical (unpaired) electrons. The minimum absolute atomic E-state index is 0.764. The molecule has 0 fully saturated rings. The van der Waals surface area contributed by atoms with Crippen LogP contribution >= 0.6 is 22.6 Å². The minimum Gasteiger partial charge on any atom is -0.361 e. The van der Waals surface area contributed by atoms with Crippen molar-refractivity contribution >= 4 is 45.0 Å². The lowest BCUT2D eigenvalue weighted by atomic mass is 10.2. The molecule has 1 aromatic carbocycles. The number of hydrazine groups is 1. The highest BCUT2D eigenvalue weighted by Crippen LogP contribution is 2.18. The SMILES string of the molecule is Ic1cncnc1NNc1ccc2[nH]ccc2c1. The van der Waals surface area contributed by atoms with E-state index in [2.05, 4.69) is 54.5 Å². The normalized spacial score (nSPS) is 10.5. The van der Waals surface area contributed by atoms with Crippen LogP contribution in [-0.4, -0.2) is 15.0 Å². The number of hydrogen-bond acceptors (Lipinski definition) is 4. The van der Waals surface area contributed by atoms with Crippen LogP contribution in [0.2, 0.25) is 0 Å². The molecule has 0 unspecified atom stereocenters. The van der Waals surface area contributed by atoms with E-state index in [0.29, 0.717) is 0 Å². The number of aromatic nitrogens is 3. The minimum atomic E-state index is 0.764. The number of rotatable bonds is 3. The van der Waals surface area contributed by atoms with Crippen molar-refractivity contribution < 1.29 is 0 Å². The summed E-state index contributed by atoms with van der Waals surface area (Å²) < 4.78 is 0.963. The fourth-order valence-corrected chi connectivity index (χ4v) is 2.10. The molecule has 3 N–H and O–H groups in total. The van der Waals surface area contributed by atoms with Gasteiger partial charge < -0.3 is 4.98 Å². The Kier molecular flexibility index (Phi) is 3.01. The molecule has 0 saturated heterocycles. The van der Waals surface area contributed by atoms with Gasteiger partial charge in [-0.25, -0.2) is 9.97 Å². The van der Waals surface area contributed by atoms with Gasteiger partial charge in [0, 0.05) is 23.3 Å². The molecular formula is C12H10IN5. The Hall–Kier alpha value is -1.83. The average molecular weight is 351 g/mol. The monoisotopic (exact) mass is 351 g/mol. The maximum Gasteiger partial charge on any atom is 0.161 e. The first-order valence-corrected chi connectivity index (χ1v) is 6.45. The molecule has 3 aromatic rings. The van der Waals surface area contributed by atoms with Gasteiger partial charge in [-0.3, -0.25) is 10.9 Å². The summed E-state index contributed by atoms with van der Waals surface area (Å²) in [6.45, 7) is 0. The zero-order valence-electron chi connectivity index (χ0n) is 9.31. The molecule has 0 aliphatic carbocycles. The molecule has 0 amide bonds. The first kappa shape index (κ1) is 11.3. The van der Waals surface area contributed by atoms with Gasteiger partial charge in [-0.05, 0) is 46.9 Å². The van der Waals surface area contributed by atoms with Gasteiger partial charge >= 0.3 is 0 Å². The standard InChI is InChI=1S/C12H10IN5/c13-10-6-14-7-16-12(10)18-17-9-1-2-11-8(5-9)3-4-15-11/h1-7,15,17H,(H,14,16,18). The van der Waals surface area contributed by atoms with E-state index in [9.17, 15) is 0 Å². The highest BCUT2D eigenvalue weighted by Gasteiger charge is 2.00. The number of H-pyrrole nitrogens is 1. The Labute approximate surface area is 117 Å². The Morgan fingerprint density at radius 1 is 1.17 bits per heavy atom. The Bertz CT molecular complexity index is 679. The Balaban J connectivity index is 1.78. The summed E-state index contributed by atoms with van der Waals surface area (Å²) in [4.78, 5) is 11.3. The molecule has 0 aliphatic rings. The van der Waals surface area contributed by atoms with E-state index in [1.165, 1.54) is 11.7 Å². The van der Waals surface area contributed by atoms with E-state index in [-0.39, 0.29) is 0 Å². The summed E-state index contributed by atoms with van der Waals surface area (Å²) in [6, 6.07) is 8.13. The molecule has 0 bridgehead atoms. The van der Waals surface area contributed by atoms with Crippen LogP contribution in [0.15, 0.2) is 43.0 Å². The summed E-state index contributed by atoms with van der Waals surface area (Å²) in [6.07, 6.45) is 5.20. The van der Waals surface area contributed by atoms with E-state index < -0.39 is 0 Å². The molecular weight excluding hydrogens is 341 g/mol. The Morgan fingerprint density at radius 3 is 3.00 bits per heavy atom. The topological polar surface area (TPSA) is 65.6 Å². The fourth-order valence-electron chi connectivity index (χ4n) is 1.67. The van der Waals surface area contributed by atoms with Crippen LogP contribution in [0.4, 0.5) is 11.5 Å². The van der Waals surface area contributed by atoms with Gasteiger partial charge in [0.05, 0.1) is 9.26 Å². The van der Waals surface area contributed by atoms with Crippen molar-refractivity contribution in [2.45, 2.75) is 0 Å². The van der Waals surface area contributed by atoms with Crippen molar-refractivity contribution in [2.75, 3.05) is 10.9 Å². The summed E-state index contributed by atoms with van der Waals surface area (Å²) in [5.41, 5.74) is 8.30. The van der Waals surface area contributed by atoms with E-state index in [4.69, 9.17) is 0 Å². The molecule has 0 spiro atoms. The molecule has 3 rings (SSSR count). The van der Waals surface area contributed by atoms with Gasteiger partial charge in [0.25, 0.3) is 0 Å². The largest absolute Gasteiger partial charge is 0.361 e. The zero-order valence-corrected chi connectivity index (χ0v) is 11.5. The van der Waals surface area contributed by atoms with Crippen molar-refractivity contribution in [1.82, 2.24) is 15.0 Å². The lowest BCUT2D eigenvalue weighted by Gasteiger charge is -2.09. The van der Waals surface area contributed by atoms with Crippen molar-refractivity contribution in [3.63, 3.8) is 0 Å². The molecule has 5 nitrogen and oxygen atoms in total. The van der Waals surface area contributed by atoms with Crippen LogP contribution in [0, 0.1) is 3.57 Å². The first-order valence-electron chi connectivity index (χ1n) is 5.37. The molecule has 2 aromatic heterocycles. The van der Waals surface area contributed by atoms with Gasteiger partial charge in [0.1, 0.15) is 6.33 Å². The van der Waals surface area contributed by atoms with E-state index >= 15 is 0 Å². The second kappa shape index (κ2) is 4.81. The van der Waals surface area contributed by atoms with Crippen LogP contribution < -0.4 is 10.9 Å². The molecule has 0 saturated carbocycles. The van der Waals surface area contributed by atoms with E-state index in [1.807, 2.05) is 24.4 Å². The van der Waals surface area contributed by atoms with Gasteiger partial charge in [0.15, 0.2) is 5.82 Å². The number of nitrogens with zero attached hydrogens (tertiary/aromatic N) is 2. The second-order valence-electron chi connectivity index (χ2n) is 3.75. The van der Waals surface area contributed by atoms with Crippen LogP contribution in [0.3, 0.4) is 0 Å². The number of halogens is 1. The first-order chi connectivity index (χ1) is 8.83. The van der Waals surface area contributed by atoms with Gasteiger partial charge in [-0.2, -0.15) is 0 Å². The van der Waals surface area contributed by atoms with Crippen LogP contribution in [0.1, 0.15) is 0 Å². The predicted molar refractivity (Wildman–Crippen MR) is 80.3 cm³/mol. The van der Waals surface area contributed by atoms with Crippen molar-refractivity contribution in [1.29, 1.82) is 0 Å². The molecule has 2 heterocycles. The number of hydrogen-bond donors (Lipinski definition) is 3. The van der Waals surface area contributed by atoms with Gasteiger partial charge in [0.2, 0.25) is 0 Å². The third-order valence-corrected chi connectivity index (χ3v) is 3.34. The molecule has 18 heavy (non-hydrogen) atoms. The van der Waals surface area contributed by atoms with E-state index in [1.54, 1.807) is 6.20 Å². The van der Waals surface area contributed by atoms with Gasteiger partial charge in [-0.1, -0.05) is 0 Å². The number of benzene rings is 1. The molecule has 6 heteroatoms. The molecule has 0 atom stereocenters. The van der Waals surface area contributed by atoms with Crippen LogP contribution in [0.25, 0.3) is 10.9 Å². The van der Waals surface area contributed by atoms with Crippen molar-refractivity contribution in [3.05, 3.63) is 46.6 Å². The second-order valence-corrected chi connectivity index (χ2v) is 4.91. The molecule has 0 aliphatic heterocycles. The maximum absolute atomic E-state index is 4.15. The highest BCUT2D eigenvalue weighted by atomic mass is 127. The number of aromatic amines is 1. The number of fused-ring (bicyclic) bond motifs is 1. The summed E-state index contributed by atoms with van der Waals surface area (Å²) in [7, 11) is 0. The fraction of sp³-hybridized carbons (Fsp3) is 0. The summed E-state index contributed by atoms with van der Waals surface area (Å²) >= 11 is 2.18. The van der Waals surface area contributed by atoms with E-state index in [0.717, 1.165) is 20.6 Å². The zero-order chi connectivity index (χ0) is 12.4. The maximum atomic E-state index is 4.15. The number of nitrogens with one attached hydrogen (secondary N) is 3. The smallest absolute Gasteiger partial charge is 0.161 e. The molecule has 90 valence electrons. The Morgan fingerprint density at radius 2 is 2.11 bits per heavy atom. The third-order valence-electron chi connectivity index (χ3n) is 2.55. The lowest BCUT2D eigenvalue weighted by Crippen LogP contribution is -2.11. The summed E-state index contributed by atoms with van der Waals surface area (Å²) in [5.74, 6) is 0.764. The van der Waals surface area contributed by atoms with Crippen LogP contribution in [-0.2, 0) is 0 Å². The van der Waals surface area contributed by atoms with Gasteiger partial charge in [-0.15, -0.1) is 0 Å². The van der Waals surface area contributed by atoms with Crippen molar-refractivity contribution in [3.8, 4) is 0 Å². The summed E-state index contributed by atoms with van der Waals surface area (Å²) in [5, 5.41) is 1.17. The third kappa shape index (κ3) is 2.23.